The Labute approximate surface area is 181 Å². The minimum atomic E-state index is 0. The summed E-state index contributed by atoms with van der Waals surface area (Å²) in [7, 11) is 3.86. The van der Waals surface area contributed by atoms with Crippen LogP contribution in [0.5, 0.6) is 11.5 Å². The minimum Gasteiger partial charge on any atom is -0.497 e. The molecule has 1 aromatic rings. The van der Waals surface area contributed by atoms with Gasteiger partial charge in [-0.1, -0.05) is 0 Å². The largest absolute Gasteiger partial charge is 0.497 e. The van der Waals surface area contributed by atoms with Crippen molar-refractivity contribution in [1.82, 2.24) is 15.5 Å². The molecule has 0 atom stereocenters. The highest BCUT2D eigenvalue weighted by atomic mass is 127. The Morgan fingerprint density at radius 2 is 1.81 bits per heavy atom. The summed E-state index contributed by atoms with van der Waals surface area (Å²) in [6.07, 6.45) is 3.77. The van der Waals surface area contributed by atoms with Crippen LogP contribution in [-0.2, 0) is 0 Å². The number of hydrogen-bond donors (Lipinski definition) is 2. The second kappa shape index (κ2) is 13.9. The SMILES string of the molecule is CCNC(=NCCC1CCN(C)CC1)NCCOc1ccc(OC)cc1.I. The van der Waals surface area contributed by atoms with Gasteiger partial charge in [0.25, 0.3) is 0 Å². The quantitative estimate of drug-likeness (QED) is 0.241. The van der Waals surface area contributed by atoms with Crippen LogP contribution in [0.25, 0.3) is 0 Å². The number of likely N-dealkylation sites (tertiary alicyclic amines) is 1. The van der Waals surface area contributed by atoms with E-state index in [0.29, 0.717) is 13.2 Å². The molecule has 7 heteroatoms. The molecule has 1 saturated heterocycles. The number of ether oxygens (including phenoxy) is 2. The fraction of sp³-hybridized carbons (Fsp3) is 0.650. The Morgan fingerprint density at radius 3 is 2.44 bits per heavy atom. The lowest BCUT2D eigenvalue weighted by Gasteiger charge is -2.28. The van der Waals surface area contributed by atoms with Crippen molar-refractivity contribution >= 4 is 29.9 Å². The predicted octanol–water partition coefficient (Wildman–Crippen LogP) is 2.98. The van der Waals surface area contributed by atoms with Gasteiger partial charge in [-0.15, -0.1) is 24.0 Å². The fourth-order valence-electron chi connectivity index (χ4n) is 3.06. The molecule has 1 aliphatic rings. The summed E-state index contributed by atoms with van der Waals surface area (Å²) in [5.41, 5.74) is 0. The molecule has 1 heterocycles. The lowest BCUT2D eigenvalue weighted by molar-refractivity contribution is 0.214. The van der Waals surface area contributed by atoms with Crippen LogP contribution in [0.3, 0.4) is 0 Å². The van der Waals surface area contributed by atoms with Gasteiger partial charge >= 0.3 is 0 Å². The Hall–Kier alpha value is -1.22. The topological polar surface area (TPSA) is 58.1 Å². The zero-order valence-electron chi connectivity index (χ0n) is 16.9. The maximum Gasteiger partial charge on any atom is 0.191 e. The molecule has 1 fully saturated rings. The van der Waals surface area contributed by atoms with Crippen LogP contribution in [0.4, 0.5) is 0 Å². The molecule has 0 bridgehead atoms. The summed E-state index contributed by atoms with van der Waals surface area (Å²) >= 11 is 0. The van der Waals surface area contributed by atoms with E-state index in [1.165, 1.54) is 32.4 Å². The van der Waals surface area contributed by atoms with Crippen molar-refractivity contribution in [3.63, 3.8) is 0 Å². The molecule has 154 valence electrons. The Morgan fingerprint density at radius 1 is 1.15 bits per heavy atom. The molecule has 1 aromatic carbocycles. The van der Waals surface area contributed by atoms with E-state index in [0.717, 1.165) is 36.5 Å². The number of guanidine groups is 1. The molecule has 0 amide bonds. The summed E-state index contributed by atoms with van der Waals surface area (Å²) in [5.74, 6) is 3.37. The first-order valence-corrected chi connectivity index (χ1v) is 9.69. The van der Waals surface area contributed by atoms with Crippen LogP contribution >= 0.6 is 24.0 Å². The Bertz CT molecular complexity index is 531. The van der Waals surface area contributed by atoms with Crippen molar-refractivity contribution in [3.05, 3.63) is 24.3 Å². The molecule has 0 aromatic heterocycles. The lowest BCUT2D eigenvalue weighted by atomic mass is 9.94. The van der Waals surface area contributed by atoms with Gasteiger partial charge in [0.15, 0.2) is 5.96 Å². The van der Waals surface area contributed by atoms with Gasteiger partial charge in [-0.25, -0.2) is 0 Å². The Balaban J connectivity index is 0.00000364. The maximum atomic E-state index is 5.74. The van der Waals surface area contributed by atoms with Crippen LogP contribution in [0.1, 0.15) is 26.2 Å². The van der Waals surface area contributed by atoms with Crippen LogP contribution in [0.15, 0.2) is 29.3 Å². The molecule has 6 nitrogen and oxygen atoms in total. The van der Waals surface area contributed by atoms with Gasteiger partial charge in [0.2, 0.25) is 0 Å². The number of methoxy groups -OCH3 is 1. The van der Waals surface area contributed by atoms with Gasteiger partial charge in [-0.2, -0.15) is 0 Å². The van der Waals surface area contributed by atoms with Crippen LogP contribution in [0.2, 0.25) is 0 Å². The number of benzene rings is 1. The van der Waals surface area contributed by atoms with Gasteiger partial charge in [-0.3, -0.25) is 4.99 Å². The zero-order chi connectivity index (χ0) is 18.6. The van der Waals surface area contributed by atoms with E-state index in [4.69, 9.17) is 14.5 Å². The van der Waals surface area contributed by atoms with Gasteiger partial charge in [0, 0.05) is 13.1 Å². The molecule has 0 unspecified atom stereocenters. The molecule has 1 aliphatic heterocycles. The van der Waals surface area contributed by atoms with Crippen molar-refractivity contribution in [1.29, 1.82) is 0 Å². The van der Waals surface area contributed by atoms with Crippen LogP contribution in [0, 0.1) is 5.92 Å². The summed E-state index contributed by atoms with van der Waals surface area (Å²) < 4.78 is 10.9. The number of halogens is 1. The normalized spacial score (nSPS) is 15.7. The van der Waals surface area contributed by atoms with Crippen LogP contribution < -0.4 is 20.1 Å². The number of aliphatic imine (C=N–C) groups is 1. The fourth-order valence-corrected chi connectivity index (χ4v) is 3.06. The van der Waals surface area contributed by atoms with Crippen molar-refractivity contribution in [3.8, 4) is 11.5 Å². The lowest BCUT2D eigenvalue weighted by Crippen LogP contribution is -2.39. The summed E-state index contributed by atoms with van der Waals surface area (Å²) in [6.45, 7) is 7.56. The second-order valence-electron chi connectivity index (χ2n) is 6.75. The van der Waals surface area contributed by atoms with Crippen molar-refractivity contribution in [2.24, 2.45) is 10.9 Å². The van der Waals surface area contributed by atoms with E-state index in [-0.39, 0.29) is 24.0 Å². The highest BCUT2D eigenvalue weighted by molar-refractivity contribution is 14.0. The average molecular weight is 490 g/mol. The minimum absolute atomic E-state index is 0. The Kier molecular flexibility index (Phi) is 12.2. The van der Waals surface area contributed by atoms with Gasteiger partial charge in [-0.05, 0) is 76.5 Å². The molecular formula is C20H35IN4O2. The van der Waals surface area contributed by atoms with Gasteiger partial charge in [0.1, 0.15) is 18.1 Å². The number of piperidine rings is 1. The average Bonchev–Trinajstić information content (AvgIpc) is 2.67. The van der Waals surface area contributed by atoms with Crippen molar-refractivity contribution < 1.29 is 9.47 Å². The molecule has 2 rings (SSSR count). The first kappa shape index (κ1) is 23.8. The second-order valence-corrected chi connectivity index (χ2v) is 6.75. The molecule has 0 aliphatic carbocycles. The molecule has 0 saturated carbocycles. The van der Waals surface area contributed by atoms with E-state index >= 15 is 0 Å². The molecule has 2 N–H and O–H groups in total. The van der Waals surface area contributed by atoms with Crippen molar-refractivity contribution in [2.45, 2.75) is 26.2 Å². The van der Waals surface area contributed by atoms with E-state index in [1.807, 2.05) is 24.3 Å². The van der Waals surface area contributed by atoms with E-state index < -0.39 is 0 Å². The van der Waals surface area contributed by atoms with E-state index in [9.17, 15) is 0 Å². The smallest absolute Gasteiger partial charge is 0.191 e. The monoisotopic (exact) mass is 490 g/mol. The summed E-state index contributed by atoms with van der Waals surface area (Å²) in [6, 6.07) is 7.63. The molecular weight excluding hydrogens is 455 g/mol. The number of rotatable bonds is 9. The van der Waals surface area contributed by atoms with E-state index in [1.54, 1.807) is 7.11 Å². The third-order valence-corrected chi connectivity index (χ3v) is 4.71. The highest BCUT2D eigenvalue weighted by Gasteiger charge is 2.15. The number of nitrogens with one attached hydrogen (secondary N) is 2. The molecule has 0 spiro atoms. The standard InChI is InChI=1S/C20H34N4O2.HI/c1-4-21-20(22-12-9-17-10-14-24(2)15-11-17)23-13-16-26-19-7-5-18(25-3)6-8-19;/h5-8,17H,4,9-16H2,1-3H3,(H2,21,22,23);1H. The zero-order valence-corrected chi connectivity index (χ0v) is 19.2. The maximum absolute atomic E-state index is 5.74. The number of nitrogens with zero attached hydrogens (tertiary/aromatic N) is 2. The third-order valence-electron chi connectivity index (χ3n) is 4.71. The summed E-state index contributed by atoms with van der Waals surface area (Å²) in [4.78, 5) is 7.11. The summed E-state index contributed by atoms with van der Waals surface area (Å²) in [5, 5.41) is 6.64. The van der Waals surface area contributed by atoms with Crippen molar-refractivity contribution in [2.75, 3.05) is 53.5 Å². The third kappa shape index (κ3) is 9.51. The predicted molar refractivity (Wildman–Crippen MR) is 123 cm³/mol. The molecule has 27 heavy (non-hydrogen) atoms. The molecule has 0 radical (unpaired) electrons. The van der Waals surface area contributed by atoms with Gasteiger partial charge < -0.3 is 25.0 Å². The van der Waals surface area contributed by atoms with Gasteiger partial charge in [0.05, 0.1) is 13.7 Å². The van der Waals surface area contributed by atoms with Crippen LogP contribution in [-0.4, -0.2) is 64.3 Å². The first-order valence-electron chi connectivity index (χ1n) is 9.69. The van der Waals surface area contributed by atoms with E-state index in [2.05, 4.69) is 29.5 Å². The first-order chi connectivity index (χ1) is 12.7. The highest BCUT2D eigenvalue weighted by Crippen LogP contribution is 2.19. The number of hydrogen-bond acceptors (Lipinski definition) is 4.